The molecular weight excluding hydrogens is 446 g/mol. The Kier molecular flexibility index (Phi) is 4.29. The molecule has 0 saturated heterocycles. The molecule has 1 nitrogen and oxygen atoms in total. The van der Waals surface area contributed by atoms with Crippen molar-refractivity contribution in [1.29, 1.82) is 0 Å². The Morgan fingerprint density at radius 2 is 0.946 bits per heavy atom. The number of hydrogen-bond donors (Lipinski definition) is 1. The first-order valence-corrected chi connectivity index (χ1v) is 12.8. The molecule has 37 heavy (non-hydrogen) atoms. The molecule has 0 spiro atoms. The summed E-state index contributed by atoms with van der Waals surface area (Å²) in [5.41, 5.74) is 7.38. The Bertz CT molecular complexity index is 2090. The highest BCUT2D eigenvalue weighted by molar-refractivity contribution is 6.19. The van der Waals surface area contributed by atoms with E-state index in [1.165, 1.54) is 76.4 Å². The van der Waals surface area contributed by atoms with Crippen molar-refractivity contribution in [3.05, 3.63) is 133 Å². The predicted octanol–water partition coefficient (Wildman–Crippen LogP) is 10.1. The summed E-state index contributed by atoms with van der Waals surface area (Å²) in [5.74, 6) is 0. The van der Waals surface area contributed by atoms with Gasteiger partial charge in [0.05, 0.1) is 11.0 Å². The molecule has 7 aromatic carbocycles. The highest BCUT2D eigenvalue weighted by Gasteiger charge is 2.14. The highest BCUT2D eigenvalue weighted by atomic mass is 14.7. The summed E-state index contributed by atoms with van der Waals surface area (Å²) in [6, 6.07) is 48.5. The van der Waals surface area contributed by atoms with Gasteiger partial charge in [-0.05, 0) is 55.8 Å². The van der Waals surface area contributed by atoms with Gasteiger partial charge in [0.2, 0.25) is 0 Å². The molecule has 0 aliphatic rings. The van der Waals surface area contributed by atoms with Crippen LogP contribution >= 0.6 is 0 Å². The Balaban J connectivity index is 1.40. The summed E-state index contributed by atoms with van der Waals surface area (Å²) in [4.78, 5) is 3.81. The zero-order chi connectivity index (χ0) is 24.3. The largest absolute Gasteiger partial charge is 0.353 e. The van der Waals surface area contributed by atoms with E-state index in [9.17, 15) is 0 Å². The van der Waals surface area contributed by atoms with Gasteiger partial charge in [0.15, 0.2) is 0 Å². The molecule has 0 atom stereocenters. The van der Waals surface area contributed by atoms with Crippen molar-refractivity contribution in [2.75, 3.05) is 0 Å². The Labute approximate surface area is 214 Å². The van der Waals surface area contributed by atoms with Crippen LogP contribution in [0.5, 0.6) is 0 Å². The second-order valence-corrected chi connectivity index (χ2v) is 9.84. The number of fused-ring (bicyclic) bond motifs is 7. The molecule has 172 valence electrons. The summed E-state index contributed by atoms with van der Waals surface area (Å²) in [5, 5.41) is 10.2. The van der Waals surface area contributed by atoms with Gasteiger partial charge in [-0.3, -0.25) is 0 Å². The van der Waals surface area contributed by atoms with Crippen molar-refractivity contribution in [2.24, 2.45) is 0 Å². The fraction of sp³-hybridized carbons (Fsp3) is 0. The van der Waals surface area contributed by atoms with Crippen molar-refractivity contribution < 1.29 is 0 Å². The third kappa shape index (κ3) is 3.04. The minimum atomic E-state index is 1.19. The summed E-state index contributed by atoms with van der Waals surface area (Å²) in [7, 11) is 0. The molecule has 1 aromatic heterocycles. The molecule has 1 N–H and O–H groups in total. The maximum absolute atomic E-state index is 3.81. The predicted molar refractivity (Wildman–Crippen MR) is 159 cm³/mol. The van der Waals surface area contributed by atoms with E-state index in [1.807, 2.05) is 0 Å². The number of aromatic amines is 1. The van der Waals surface area contributed by atoms with E-state index < -0.39 is 0 Å². The van der Waals surface area contributed by atoms with E-state index in [0.29, 0.717) is 0 Å². The molecule has 0 amide bonds. The van der Waals surface area contributed by atoms with Gasteiger partial charge in [0.25, 0.3) is 0 Å². The molecule has 1 heteroatoms. The van der Waals surface area contributed by atoms with Crippen LogP contribution in [-0.2, 0) is 0 Å². The van der Waals surface area contributed by atoms with Gasteiger partial charge in [-0.25, -0.2) is 0 Å². The Hall–Kier alpha value is -4.88. The van der Waals surface area contributed by atoms with Gasteiger partial charge < -0.3 is 4.98 Å². The Morgan fingerprint density at radius 1 is 0.351 bits per heavy atom. The molecular formula is C36H23N. The second kappa shape index (κ2) is 7.81. The number of rotatable bonds is 2. The lowest BCUT2D eigenvalue weighted by molar-refractivity contribution is 1.55. The number of aromatic nitrogens is 1. The van der Waals surface area contributed by atoms with Crippen LogP contribution in [0.1, 0.15) is 0 Å². The average Bonchev–Trinajstić information content (AvgIpc) is 3.35. The normalized spacial score (nSPS) is 11.8. The van der Waals surface area contributed by atoms with Crippen LogP contribution in [0.2, 0.25) is 0 Å². The molecule has 0 unspecified atom stereocenters. The summed E-state index contributed by atoms with van der Waals surface area (Å²) in [6.45, 7) is 0. The number of para-hydroxylation sites is 1. The first kappa shape index (κ1) is 20.3. The smallest absolute Gasteiger partial charge is 0.0544 e. The number of hydrogen-bond acceptors (Lipinski definition) is 0. The first-order valence-electron chi connectivity index (χ1n) is 12.8. The van der Waals surface area contributed by atoms with E-state index in [1.54, 1.807) is 0 Å². The quantitative estimate of drug-likeness (QED) is 0.242. The van der Waals surface area contributed by atoms with Crippen molar-refractivity contribution in [1.82, 2.24) is 4.98 Å². The number of benzene rings is 7. The molecule has 0 aliphatic carbocycles. The molecule has 0 bridgehead atoms. The molecule has 8 aromatic rings. The lowest BCUT2D eigenvalue weighted by atomic mass is 9.90. The topological polar surface area (TPSA) is 15.8 Å². The molecule has 0 fully saturated rings. The third-order valence-electron chi connectivity index (χ3n) is 7.77. The maximum Gasteiger partial charge on any atom is 0.0544 e. The van der Waals surface area contributed by atoms with Gasteiger partial charge >= 0.3 is 0 Å². The van der Waals surface area contributed by atoms with Gasteiger partial charge in [-0.1, -0.05) is 121 Å². The fourth-order valence-corrected chi connectivity index (χ4v) is 6.07. The third-order valence-corrected chi connectivity index (χ3v) is 7.77. The van der Waals surface area contributed by atoms with E-state index in [2.05, 4.69) is 138 Å². The highest BCUT2D eigenvalue weighted by Crippen LogP contribution is 2.40. The fourth-order valence-electron chi connectivity index (χ4n) is 6.07. The lowest BCUT2D eigenvalue weighted by Crippen LogP contribution is -1.87. The van der Waals surface area contributed by atoms with E-state index >= 15 is 0 Å². The SMILES string of the molecule is c1cc(-c2c3ccccc3cc3ccccc23)cc(-c2cccc3c2[nH]c2c4ccccc4ccc32)c1. The minimum Gasteiger partial charge on any atom is -0.353 e. The average molecular weight is 470 g/mol. The maximum atomic E-state index is 3.81. The van der Waals surface area contributed by atoms with Crippen LogP contribution in [-0.4, -0.2) is 4.98 Å². The molecule has 8 rings (SSSR count). The summed E-state index contributed by atoms with van der Waals surface area (Å²) < 4.78 is 0. The number of H-pyrrole nitrogens is 1. The van der Waals surface area contributed by atoms with Gasteiger partial charge in [0.1, 0.15) is 0 Å². The minimum absolute atomic E-state index is 1.19. The standard InChI is InChI=1S/C36H23N/c1-6-16-30-23(9-1)19-20-33-32-18-8-17-31(36(32)37-35(30)33)26-12-7-13-27(22-26)34-28-14-4-2-10-24(28)21-25-11-3-5-15-29(25)34/h1-22,37H. The van der Waals surface area contributed by atoms with Crippen molar-refractivity contribution in [2.45, 2.75) is 0 Å². The number of nitrogens with one attached hydrogen (secondary N) is 1. The van der Waals surface area contributed by atoms with Crippen LogP contribution in [0.15, 0.2) is 133 Å². The zero-order valence-corrected chi connectivity index (χ0v) is 20.2. The summed E-state index contributed by atoms with van der Waals surface area (Å²) in [6.07, 6.45) is 0. The van der Waals surface area contributed by atoms with E-state index in [0.717, 1.165) is 0 Å². The molecule has 0 radical (unpaired) electrons. The lowest BCUT2D eigenvalue weighted by Gasteiger charge is -2.13. The first-order chi connectivity index (χ1) is 18.3. The van der Waals surface area contributed by atoms with Crippen molar-refractivity contribution >= 4 is 54.1 Å². The van der Waals surface area contributed by atoms with Gasteiger partial charge in [0, 0.05) is 21.7 Å². The van der Waals surface area contributed by atoms with E-state index in [4.69, 9.17) is 0 Å². The molecule has 0 aliphatic heterocycles. The Morgan fingerprint density at radius 3 is 1.73 bits per heavy atom. The zero-order valence-electron chi connectivity index (χ0n) is 20.2. The van der Waals surface area contributed by atoms with E-state index in [-0.39, 0.29) is 0 Å². The summed E-state index contributed by atoms with van der Waals surface area (Å²) >= 11 is 0. The van der Waals surface area contributed by atoms with Gasteiger partial charge in [-0.2, -0.15) is 0 Å². The van der Waals surface area contributed by atoms with Crippen LogP contribution in [0.25, 0.3) is 76.4 Å². The van der Waals surface area contributed by atoms with Crippen molar-refractivity contribution in [3.63, 3.8) is 0 Å². The van der Waals surface area contributed by atoms with Crippen LogP contribution < -0.4 is 0 Å². The van der Waals surface area contributed by atoms with Crippen LogP contribution in [0.4, 0.5) is 0 Å². The van der Waals surface area contributed by atoms with Crippen molar-refractivity contribution in [3.8, 4) is 22.3 Å². The molecule has 1 heterocycles. The van der Waals surface area contributed by atoms with Gasteiger partial charge in [-0.15, -0.1) is 0 Å². The monoisotopic (exact) mass is 469 g/mol. The van der Waals surface area contributed by atoms with Crippen LogP contribution in [0, 0.1) is 0 Å². The molecule has 0 saturated carbocycles. The van der Waals surface area contributed by atoms with Crippen LogP contribution in [0.3, 0.4) is 0 Å². The second-order valence-electron chi connectivity index (χ2n) is 9.84.